The van der Waals surface area contributed by atoms with Crippen LogP contribution in [0.3, 0.4) is 0 Å². The van der Waals surface area contributed by atoms with Crippen molar-refractivity contribution in [2.75, 3.05) is 18.0 Å². The van der Waals surface area contributed by atoms with Crippen LogP contribution in [0.1, 0.15) is 26.3 Å². The maximum Gasteiger partial charge on any atom is 0.239 e. The zero-order valence-corrected chi connectivity index (χ0v) is 18.0. The van der Waals surface area contributed by atoms with E-state index >= 15 is 0 Å². The fraction of sp³-hybridized carbons (Fsp3) is 0.364. The van der Waals surface area contributed by atoms with Crippen molar-refractivity contribution in [1.82, 2.24) is 10.6 Å². The molecule has 0 spiro atoms. The molecular weight excluding hydrogens is 388 g/mol. The normalized spacial score (nSPS) is 11.3. The van der Waals surface area contributed by atoms with Gasteiger partial charge in [-0.25, -0.2) is 0 Å². The van der Waals surface area contributed by atoms with E-state index in [0.29, 0.717) is 6.54 Å². The lowest BCUT2D eigenvalue weighted by molar-refractivity contribution is -0.127. The van der Waals surface area contributed by atoms with E-state index < -0.39 is 6.04 Å². The van der Waals surface area contributed by atoms with Gasteiger partial charge in [-0.3, -0.25) is 9.59 Å². The first-order valence-corrected chi connectivity index (χ1v) is 9.64. The minimum absolute atomic E-state index is 0. The smallest absolute Gasteiger partial charge is 0.239 e. The highest BCUT2D eigenvalue weighted by atomic mass is 35.5. The molecule has 0 radical (unpaired) electrons. The first kappa shape index (κ1) is 24.5. The molecule has 0 aliphatic carbocycles. The number of benzene rings is 2. The summed E-state index contributed by atoms with van der Waals surface area (Å²) in [6.07, 6.45) is 0. The second kappa shape index (κ2) is 12.1. The van der Waals surface area contributed by atoms with E-state index in [2.05, 4.69) is 34.6 Å². The van der Waals surface area contributed by atoms with Crippen molar-refractivity contribution in [2.45, 2.75) is 33.4 Å². The quantitative estimate of drug-likeness (QED) is 0.584. The molecule has 0 heterocycles. The van der Waals surface area contributed by atoms with Crippen molar-refractivity contribution in [1.29, 1.82) is 0 Å². The van der Waals surface area contributed by atoms with Crippen LogP contribution in [-0.2, 0) is 16.1 Å². The number of hydrogen-bond acceptors (Lipinski definition) is 4. The molecule has 2 amide bonds. The summed E-state index contributed by atoms with van der Waals surface area (Å²) in [6, 6.07) is 17.7. The lowest BCUT2D eigenvalue weighted by atomic mass is 10.1. The van der Waals surface area contributed by atoms with E-state index in [0.717, 1.165) is 23.5 Å². The Labute approximate surface area is 179 Å². The largest absolute Gasteiger partial charge is 0.350 e. The van der Waals surface area contributed by atoms with E-state index in [1.165, 1.54) is 0 Å². The molecule has 2 rings (SSSR count). The van der Waals surface area contributed by atoms with Gasteiger partial charge in [0.15, 0.2) is 0 Å². The van der Waals surface area contributed by atoms with Crippen LogP contribution in [0, 0.1) is 5.92 Å². The molecule has 2 aromatic rings. The number of nitrogens with two attached hydrogens (primary N) is 1. The maximum atomic E-state index is 11.9. The Hall–Kier alpha value is -2.57. The molecule has 0 unspecified atom stereocenters. The lowest BCUT2D eigenvalue weighted by Crippen LogP contribution is -2.47. The molecule has 1 atom stereocenters. The van der Waals surface area contributed by atoms with Gasteiger partial charge in [0.25, 0.3) is 0 Å². The Morgan fingerprint density at radius 2 is 1.55 bits per heavy atom. The number of amides is 2. The predicted molar refractivity (Wildman–Crippen MR) is 120 cm³/mol. The lowest BCUT2D eigenvalue weighted by Gasteiger charge is -2.23. The highest BCUT2D eigenvalue weighted by molar-refractivity contribution is 5.87. The van der Waals surface area contributed by atoms with Gasteiger partial charge in [-0.1, -0.05) is 44.2 Å². The van der Waals surface area contributed by atoms with Crippen LogP contribution in [0.5, 0.6) is 0 Å². The van der Waals surface area contributed by atoms with Crippen molar-refractivity contribution in [3.8, 4) is 0 Å². The molecule has 0 fully saturated rings. The summed E-state index contributed by atoms with van der Waals surface area (Å²) in [7, 11) is 0. The fourth-order valence-electron chi connectivity index (χ4n) is 2.77. The first-order valence-electron chi connectivity index (χ1n) is 9.64. The molecule has 4 N–H and O–H groups in total. The SMILES string of the molecule is CCN(c1ccccc1)c1ccc(CNC(=O)CNC(=O)[C@@H](N)C(C)C)cc1.Cl. The van der Waals surface area contributed by atoms with Crippen molar-refractivity contribution in [2.24, 2.45) is 11.7 Å². The maximum absolute atomic E-state index is 11.9. The monoisotopic (exact) mass is 418 g/mol. The summed E-state index contributed by atoms with van der Waals surface area (Å²) < 4.78 is 0. The van der Waals surface area contributed by atoms with Crippen LogP contribution in [0.4, 0.5) is 11.4 Å². The van der Waals surface area contributed by atoms with E-state index in [9.17, 15) is 9.59 Å². The molecule has 0 saturated carbocycles. The predicted octanol–water partition coefficient (Wildman–Crippen LogP) is 2.98. The van der Waals surface area contributed by atoms with E-state index in [1.807, 2.05) is 56.3 Å². The van der Waals surface area contributed by atoms with Crippen LogP contribution >= 0.6 is 12.4 Å². The van der Waals surface area contributed by atoms with Crippen molar-refractivity contribution in [3.05, 3.63) is 60.2 Å². The number of nitrogens with zero attached hydrogens (tertiary/aromatic N) is 1. The zero-order valence-electron chi connectivity index (χ0n) is 17.2. The summed E-state index contributed by atoms with van der Waals surface area (Å²) in [5.41, 5.74) is 8.98. The summed E-state index contributed by atoms with van der Waals surface area (Å²) >= 11 is 0. The fourth-order valence-corrected chi connectivity index (χ4v) is 2.77. The highest BCUT2D eigenvalue weighted by Gasteiger charge is 2.17. The minimum Gasteiger partial charge on any atom is -0.350 e. The van der Waals surface area contributed by atoms with Gasteiger partial charge in [-0.05, 0) is 42.7 Å². The van der Waals surface area contributed by atoms with Gasteiger partial charge in [-0.2, -0.15) is 0 Å². The Morgan fingerprint density at radius 1 is 0.966 bits per heavy atom. The molecule has 2 aromatic carbocycles. The van der Waals surface area contributed by atoms with E-state index in [4.69, 9.17) is 5.73 Å². The molecule has 29 heavy (non-hydrogen) atoms. The summed E-state index contributed by atoms with van der Waals surface area (Å²) in [4.78, 5) is 26.0. The number of hydrogen-bond donors (Lipinski definition) is 3. The van der Waals surface area contributed by atoms with E-state index in [1.54, 1.807) is 0 Å². The Kier molecular flexibility index (Phi) is 10.2. The molecule has 7 heteroatoms. The first-order chi connectivity index (χ1) is 13.4. The molecular formula is C22H31ClN4O2. The van der Waals surface area contributed by atoms with Gasteiger partial charge in [-0.15, -0.1) is 12.4 Å². The molecule has 0 bridgehead atoms. The van der Waals surface area contributed by atoms with Crippen molar-refractivity contribution < 1.29 is 9.59 Å². The Balaban J connectivity index is 0.00000420. The van der Waals surface area contributed by atoms with Gasteiger partial charge >= 0.3 is 0 Å². The number of halogens is 1. The summed E-state index contributed by atoms with van der Waals surface area (Å²) in [5, 5.41) is 5.38. The van der Waals surface area contributed by atoms with Crippen molar-refractivity contribution >= 4 is 35.6 Å². The van der Waals surface area contributed by atoms with Gasteiger partial charge < -0.3 is 21.3 Å². The summed E-state index contributed by atoms with van der Waals surface area (Å²) in [6.45, 7) is 7.04. The topological polar surface area (TPSA) is 87.5 Å². The van der Waals surface area contributed by atoms with Crippen LogP contribution in [0.2, 0.25) is 0 Å². The molecule has 0 aliphatic heterocycles. The Morgan fingerprint density at radius 3 is 2.10 bits per heavy atom. The Bertz CT molecular complexity index is 766. The third kappa shape index (κ3) is 7.40. The van der Waals surface area contributed by atoms with Gasteiger partial charge in [0.05, 0.1) is 12.6 Å². The number of nitrogens with one attached hydrogen (secondary N) is 2. The van der Waals surface area contributed by atoms with E-state index in [-0.39, 0.29) is 36.7 Å². The van der Waals surface area contributed by atoms with Gasteiger partial charge in [0.1, 0.15) is 0 Å². The van der Waals surface area contributed by atoms with Crippen LogP contribution < -0.4 is 21.3 Å². The number of anilines is 2. The molecule has 0 saturated heterocycles. The average molecular weight is 419 g/mol. The van der Waals surface area contributed by atoms with Gasteiger partial charge in [0, 0.05) is 24.5 Å². The standard InChI is InChI=1S/C22H30N4O2.ClH/c1-4-26(18-8-6-5-7-9-18)19-12-10-17(11-13-19)14-24-20(27)15-25-22(28)21(23)16(2)3;/h5-13,16,21H,4,14-15,23H2,1-3H3,(H,24,27)(H,25,28);1H/t21-;/m0./s1. The zero-order chi connectivity index (χ0) is 20.5. The minimum atomic E-state index is -0.605. The average Bonchev–Trinajstić information content (AvgIpc) is 2.72. The van der Waals surface area contributed by atoms with Crippen molar-refractivity contribution in [3.63, 3.8) is 0 Å². The summed E-state index contributed by atoms with van der Waals surface area (Å²) in [5.74, 6) is -0.525. The molecule has 0 aliphatic rings. The van der Waals surface area contributed by atoms with Crippen LogP contribution in [0.25, 0.3) is 0 Å². The second-order valence-corrected chi connectivity index (χ2v) is 7.01. The third-order valence-corrected chi connectivity index (χ3v) is 4.57. The highest BCUT2D eigenvalue weighted by Crippen LogP contribution is 2.24. The number of carbonyl (C=O) groups is 2. The van der Waals surface area contributed by atoms with Crippen LogP contribution in [0.15, 0.2) is 54.6 Å². The molecule has 158 valence electrons. The van der Waals surface area contributed by atoms with Crippen LogP contribution in [-0.4, -0.2) is 30.9 Å². The van der Waals surface area contributed by atoms with Gasteiger partial charge in [0.2, 0.25) is 11.8 Å². The number of rotatable bonds is 9. The second-order valence-electron chi connectivity index (χ2n) is 7.01. The number of para-hydroxylation sites is 1. The molecule has 6 nitrogen and oxygen atoms in total. The number of carbonyl (C=O) groups excluding carboxylic acids is 2. The third-order valence-electron chi connectivity index (χ3n) is 4.57. The molecule has 0 aromatic heterocycles.